The van der Waals surface area contributed by atoms with Gasteiger partial charge in [-0.1, -0.05) is 18.1 Å². The molecule has 0 saturated carbocycles. The molecule has 1 rings (SSSR count). The van der Waals surface area contributed by atoms with Crippen molar-refractivity contribution >= 4 is 27.7 Å². The number of rotatable bonds is 2. The SMILES string of the molecule is C#CCSc1ccccc1Br. The van der Waals surface area contributed by atoms with Crippen molar-refractivity contribution in [2.24, 2.45) is 0 Å². The largest absolute Gasteiger partial charge is 0.119 e. The maximum atomic E-state index is 5.14. The first-order valence-corrected chi connectivity index (χ1v) is 4.93. The van der Waals surface area contributed by atoms with Gasteiger partial charge in [0.15, 0.2) is 0 Å². The first-order valence-electron chi connectivity index (χ1n) is 3.15. The Hall–Kier alpha value is -0.390. The van der Waals surface area contributed by atoms with E-state index in [0.717, 1.165) is 10.2 Å². The Labute approximate surface area is 79.5 Å². The second kappa shape index (κ2) is 4.48. The van der Waals surface area contributed by atoms with Crippen LogP contribution in [-0.4, -0.2) is 5.75 Å². The standard InChI is InChI=1S/C9H7BrS/c1-2-7-11-9-6-4-3-5-8(9)10/h1,3-6H,7H2. The van der Waals surface area contributed by atoms with Crippen molar-refractivity contribution in [3.8, 4) is 12.3 Å². The molecule has 0 fully saturated rings. The fraction of sp³-hybridized carbons (Fsp3) is 0.111. The summed E-state index contributed by atoms with van der Waals surface area (Å²) in [6.45, 7) is 0. The van der Waals surface area contributed by atoms with E-state index in [0.29, 0.717) is 0 Å². The molecule has 0 heterocycles. The lowest BCUT2D eigenvalue weighted by Crippen LogP contribution is -1.74. The Morgan fingerprint density at radius 1 is 1.45 bits per heavy atom. The van der Waals surface area contributed by atoms with Gasteiger partial charge in [0.1, 0.15) is 0 Å². The molecule has 0 aliphatic carbocycles. The molecule has 56 valence electrons. The topological polar surface area (TPSA) is 0 Å². The molecule has 11 heavy (non-hydrogen) atoms. The molecule has 0 spiro atoms. The van der Waals surface area contributed by atoms with Crippen LogP contribution in [0.2, 0.25) is 0 Å². The lowest BCUT2D eigenvalue weighted by molar-refractivity contribution is 1.41. The molecule has 0 radical (unpaired) electrons. The van der Waals surface area contributed by atoms with Crippen LogP contribution in [0.5, 0.6) is 0 Å². The number of benzene rings is 1. The average Bonchev–Trinajstić information content (AvgIpc) is 2.03. The van der Waals surface area contributed by atoms with Gasteiger partial charge in [0.05, 0.1) is 5.75 Å². The third-order valence-electron chi connectivity index (χ3n) is 1.15. The molecule has 0 aliphatic heterocycles. The van der Waals surface area contributed by atoms with Crippen LogP contribution in [0.1, 0.15) is 0 Å². The molecule has 1 aromatic rings. The van der Waals surface area contributed by atoms with Crippen molar-refractivity contribution < 1.29 is 0 Å². The molecule has 0 unspecified atom stereocenters. The first-order chi connectivity index (χ1) is 5.34. The quantitative estimate of drug-likeness (QED) is 0.552. The van der Waals surface area contributed by atoms with Crippen LogP contribution in [0.3, 0.4) is 0 Å². The molecule has 0 aliphatic rings. The molecule has 0 N–H and O–H groups in total. The molecule has 0 atom stereocenters. The highest BCUT2D eigenvalue weighted by atomic mass is 79.9. The van der Waals surface area contributed by atoms with Gasteiger partial charge in [0, 0.05) is 9.37 Å². The summed E-state index contributed by atoms with van der Waals surface area (Å²) in [5.74, 6) is 3.31. The van der Waals surface area contributed by atoms with Crippen LogP contribution < -0.4 is 0 Å². The fourth-order valence-corrected chi connectivity index (χ4v) is 1.93. The van der Waals surface area contributed by atoms with E-state index in [4.69, 9.17) is 6.42 Å². The van der Waals surface area contributed by atoms with Crippen LogP contribution in [0, 0.1) is 12.3 Å². The summed E-state index contributed by atoms with van der Waals surface area (Å²) < 4.78 is 1.11. The molecule has 0 nitrogen and oxygen atoms in total. The van der Waals surface area contributed by atoms with Crippen molar-refractivity contribution in [1.82, 2.24) is 0 Å². The first kappa shape index (κ1) is 8.70. The number of halogens is 1. The third-order valence-corrected chi connectivity index (χ3v) is 3.08. The van der Waals surface area contributed by atoms with Crippen molar-refractivity contribution in [2.45, 2.75) is 4.90 Å². The predicted octanol–water partition coefficient (Wildman–Crippen LogP) is 3.17. The zero-order chi connectivity index (χ0) is 8.10. The molecule has 0 amide bonds. The van der Waals surface area contributed by atoms with Gasteiger partial charge in [-0.25, -0.2) is 0 Å². The van der Waals surface area contributed by atoms with E-state index >= 15 is 0 Å². The van der Waals surface area contributed by atoms with Gasteiger partial charge in [-0.3, -0.25) is 0 Å². The minimum atomic E-state index is 0.725. The second-order valence-electron chi connectivity index (χ2n) is 1.92. The molecule has 0 aromatic heterocycles. The summed E-state index contributed by atoms with van der Waals surface area (Å²) in [7, 11) is 0. The Balaban J connectivity index is 2.71. The minimum absolute atomic E-state index is 0.725. The number of terminal acetylenes is 1. The zero-order valence-corrected chi connectivity index (χ0v) is 8.28. The maximum Gasteiger partial charge on any atom is 0.0592 e. The number of thioether (sulfide) groups is 1. The molecule has 1 aromatic carbocycles. The van der Waals surface area contributed by atoms with E-state index in [1.807, 2.05) is 24.3 Å². The van der Waals surface area contributed by atoms with Crippen molar-refractivity contribution in [3.63, 3.8) is 0 Å². The van der Waals surface area contributed by atoms with Gasteiger partial charge in [0.25, 0.3) is 0 Å². The Morgan fingerprint density at radius 3 is 2.82 bits per heavy atom. The summed E-state index contributed by atoms with van der Waals surface area (Å²) in [4.78, 5) is 1.20. The molecule has 2 heteroatoms. The van der Waals surface area contributed by atoms with Crippen LogP contribution in [-0.2, 0) is 0 Å². The monoisotopic (exact) mass is 226 g/mol. The van der Waals surface area contributed by atoms with Crippen molar-refractivity contribution in [2.75, 3.05) is 5.75 Å². The number of hydrogen-bond acceptors (Lipinski definition) is 1. The lowest BCUT2D eigenvalue weighted by atomic mass is 10.4. The number of hydrogen-bond donors (Lipinski definition) is 0. The van der Waals surface area contributed by atoms with E-state index in [9.17, 15) is 0 Å². The van der Waals surface area contributed by atoms with Crippen LogP contribution in [0.4, 0.5) is 0 Å². The van der Waals surface area contributed by atoms with Gasteiger partial charge in [-0.05, 0) is 28.1 Å². The van der Waals surface area contributed by atoms with Crippen molar-refractivity contribution in [1.29, 1.82) is 0 Å². The van der Waals surface area contributed by atoms with Crippen LogP contribution in [0.25, 0.3) is 0 Å². The highest BCUT2D eigenvalue weighted by Crippen LogP contribution is 2.26. The van der Waals surface area contributed by atoms with Gasteiger partial charge in [-0.2, -0.15) is 0 Å². The van der Waals surface area contributed by atoms with Gasteiger partial charge in [0.2, 0.25) is 0 Å². The Morgan fingerprint density at radius 2 is 2.18 bits per heavy atom. The minimum Gasteiger partial charge on any atom is -0.119 e. The molecule has 0 saturated heterocycles. The molecular formula is C9H7BrS. The maximum absolute atomic E-state index is 5.14. The van der Waals surface area contributed by atoms with Gasteiger partial charge < -0.3 is 0 Å². The van der Waals surface area contributed by atoms with Gasteiger partial charge >= 0.3 is 0 Å². The summed E-state index contributed by atoms with van der Waals surface area (Å²) in [6, 6.07) is 8.05. The van der Waals surface area contributed by atoms with E-state index in [1.54, 1.807) is 11.8 Å². The third kappa shape index (κ3) is 2.61. The summed E-state index contributed by atoms with van der Waals surface area (Å²) in [6.07, 6.45) is 5.14. The highest BCUT2D eigenvalue weighted by Gasteiger charge is 1.95. The van der Waals surface area contributed by atoms with Gasteiger partial charge in [-0.15, -0.1) is 18.2 Å². The average molecular weight is 227 g/mol. The molecule has 0 bridgehead atoms. The Kier molecular flexibility index (Phi) is 3.55. The normalized spacial score (nSPS) is 9.09. The zero-order valence-electron chi connectivity index (χ0n) is 5.88. The molecular weight excluding hydrogens is 220 g/mol. The predicted molar refractivity (Wildman–Crippen MR) is 53.7 cm³/mol. The Bertz CT molecular complexity index is 275. The fourth-order valence-electron chi connectivity index (χ4n) is 0.681. The van der Waals surface area contributed by atoms with Crippen LogP contribution >= 0.6 is 27.7 Å². The van der Waals surface area contributed by atoms with E-state index in [2.05, 4.69) is 21.9 Å². The second-order valence-corrected chi connectivity index (χ2v) is 3.79. The summed E-state index contributed by atoms with van der Waals surface area (Å²) in [5, 5.41) is 0. The van der Waals surface area contributed by atoms with E-state index < -0.39 is 0 Å². The highest BCUT2D eigenvalue weighted by molar-refractivity contribution is 9.10. The summed E-state index contributed by atoms with van der Waals surface area (Å²) in [5.41, 5.74) is 0. The smallest absolute Gasteiger partial charge is 0.0592 e. The summed E-state index contributed by atoms with van der Waals surface area (Å²) >= 11 is 5.10. The van der Waals surface area contributed by atoms with Crippen LogP contribution in [0.15, 0.2) is 33.6 Å². The lowest BCUT2D eigenvalue weighted by Gasteiger charge is -1.98. The van der Waals surface area contributed by atoms with E-state index in [-0.39, 0.29) is 0 Å². The van der Waals surface area contributed by atoms with E-state index in [1.165, 1.54) is 4.90 Å². The van der Waals surface area contributed by atoms with Crippen molar-refractivity contribution in [3.05, 3.63) is 28.7 Å².